The van der Waals surface area contributed by atoms with Crippen molar-refractivity contribution in [3.05, 3.63) is 35.4 Å². The molecule has 0 spiro atoms. The van der Waals surface area contributed by atoms with E-state index in [1.165, 1.54) is 0 Å². The molecule has 0 bridgehead atoms. The van der Waals surface area contributed by atoms with Gasteiger partial charge in [-0.3, -0.25) is 4.79 Å². The van der Waals surface area contributed by atoms with Crippen molar-refractivity contribution >= 4 is 11.9 Å². The summed E-state index contributed by atoms with van der Waals surface area (Å²) in [5, 5.41) is 16.1. The Balaban J connectivity index is 2.79. The number of hydrogen-bond donors (Lipinski definition) is 3. The molecule has 0 radical (unpaired) electrons. The van der Waals surface area contributed by atoms with Crippen molar-refractivity contribution in [1.29, 1.82) is 0 Å². The van der Waals surface area contributed by atoms with E-state index < -0.39 is 0 Å². The Kier molecular flexibility index (Phi) is 11.4. The molecule has 0 aliphatic carbocycles. The first-order valence-electron chi connectivity index (χ1n) is 11.0. The Bertz CT molecular complexity index is 620. The minimum absolute atomic E-state index is 0.0689. The minimum atomic E-state index is 0.0689. The zero-order valence-electron chi connectivity index (χ0n) is 18.9. The molecule has 0 saturated carbocycles. The quantitative estimate of drug-likeness (QED) is 0.369. The number of rotatable bonds is 12. The molecular weight excluding hydrogens is 364 g/mol. The first-order chi connectivity index (χ1) is 14.0. The van der Waals surface area contributed by atoms with Gasteiger partial charge < -0.3 is 20.6 Å². The summed E-state index contributed by atoms with van der Waals surface area (Å²) in [7, 11) is 0. The lowest BCUT2D eigenvalue weighted by atomic mass is 9.79. The Morgan fingerprint density at radius 3 is 2.14 bits per heavy atom. The second-order valence-corrected chi connectivity index (χ2v) is 7.40. The lowest BCUT2D eigenvalue weighted by molar-refractivity contribution is 0.0773. The highest BCUT2D eigenvalue weighted by molar-refractivity contribution is 5.94. The van der Waals surface area contributed by atoms with Crippen LogP contribution in [0.15, 0.2) is 29.3 Å². The highest BCUT2D eigenvalue weighted by Gasteiger charge is 2.25. The molecular formula is C23H40N4O2. The van der Waals surface area contributed by atoms with Crippen LogP contribution >= 0.6 is 0 Å². The summed E-state index contributed by atoms with van der Waals surface area (Å²) in [6, 6.07) is 7.70. The van der Waals surface area contributed by atoms with Crippen LogP contribution in [-0.2, 0) is 6.54 Å². The van der Waals surface area contributed by atoms with Gasteiger partial charge in [0.1, 0.15) is 0 Å². The Labute approximate surface area is 176 Å². The van der Waals surface area contributed by atoms with E-state index in [4.69, 9.17) is 4.99 Å². The molecule has 6 nitrogen and oxygen atoms in total. The molecule has 29 heavy (non-hydrogen) atoms. The molecule has 0 heterocycles. The van der Waals surface area contributed by atoms with Crippen molar-refractivity contribution in [1.82, 2.24) is 15.5 Å². The molecule has 0 unspecified atom stereocenters. The number of aliphatic hydroxyl groups excluding tert-OH is 1. The minimum Gasteiger partial charge on any atom is -0.396 e. The summed E-state index contributed by atoms with van der Waals surface area (Å²) in [6.07, 6.45) is 2.81. The summed E-state index contributed by atoms with van der Waals surface area (Å²) in [5.41, 5.74) is 1.86. The Hall–Kier alpha value is -2.08. The maximum Gasteiger partial charge on any atom is 0.253 e. The molecule has 3 N–H and O–H groups in total. The lowest BCUT2D eigenvalue weighted by Crippen LogP contribution is -2.43. The number of nitrogens with zero attached hydrogens (tertiary/aromatic N) is 2. The number of carbonyl (C=O) groups is 1. The smallest absolute Gasteiger partial charge is 0.253 e. The number of amides is 1. The normalized spacial score (nSPS) is 12.0. The monoisotopic (exact) mass is 404 g/mol. The summed E-state index contributed by atoms with van der Waals surface area (Å²) >= 11 is 0. The third-order valence-electron chi connectivity index (χ3n) is 5.79. The summed E-state index contributed by atoms with van der Waals surface area (Å²) in [5.74, 6) is 0.847. The van der Waals surface area contributed by atoms with Gasteiger partial charge in [0.05, 0.1) is 6.54 Å². The SMILES string of the molecule is CCNC(=NCc1ccc(C(=O)N(CC)CC)cc1)NCC(CC)(CC)CCO. The lowest BCUT2D eigenvalue weighted by Gasteiger charge is -2.32. The van der Waals surface area contributed by atoms with Crippen molar-refractivity contribution < 1.29 is 9.90 Å². The first kappa shape index (κ1) is 25.0. The van der Waals surface area contributed by atoms with Crippen molar-refractivity contribution in [3.63, 3.8) is 0 Å². The molecule has 0 aliphatic rings. The molecule has 1 amide bonds. The van der Waals surface area contributed by atoms with Gasteiger partial charge in [0.2, 0.25) is 0 Å². The van der Waals surface area contributed by atoms with Gasteiger partial charge in [-0.15, -0.1) is 0 Å². The van der Waals surface area contributed by atoms with Crippen LogP contribution in [0, 0.1) is 5.41 Å². The average Bonchev–Trinajstić information content (AvgIpc) is 2.76. The third-order valence-corrected chi connectivity index (χ3v) is 5.79. The second kappa shape index (κ2) is 13.2. The molecule has 6 heteroatoms. The maximum absolute atomic E-state index is 12.4. The van der Waals surface area contributed by atoms with Gasteiger partial charge in [0, 0.05) is 38.3 Å². The molecule has 0 aliphatic heterocycles. The molecule has 1 aromatic carbocycles. The molecule has 0 aromatic heterocycles. The number of benzene rings is 1. The van der Waals surface area contributed by atoms with E-state index in [0.29, 0.717) is 25.2 Å². The van der Waals surface area contributed by atoms with E-state index in [1.54, 1.807) is 0 Å². The predicted molar refractivity (Wildman–Crippen MR) is 121 cm³/mol. The second-order valence-electron chi connectivity index (χ2n) is 7.40. The molecule has 0 saturated heterocycles. The van der Waals surface area contributed by atoms with Crippen LogP contribution in [0.3, 0.4) is 0 Å². The van der Waals surface area contributed by atoms with Crippen LogP contribution in [0.2, 0.25) is 0 Å². The van der Waals surface area contributed by atoms with Crippen LogP contribution in [0.25, 0.3) is 0 Å². The third kappa shape index (κ3) is 7.69. The zero-order valence-corrected chi connectivity index (χ0v) is 18.9. The number of carbonyl (C=O) groups excluding carboxylic acids is 1. The van der Waals surface area contributed by atoms with Crippen LogP contribution in [0.4, 0.5) is 0 Å². The Morgan fingerprint density at radius 1 is 1.03 bits per heavy atom. The fraction of sp³-hybridized carbons (Fsp3) is 0.652. The average molecular weight is 405 g/mol. The van der Waals surface area contributed by atoms with E-state index >= 15 is 0 Å². The van der Waals surface area contributed by atoms with Gasteiger partial charge in [-0.25, -0.2) is 4.99 Å². The van der Waals surface area contributed by atoms with Crippen LogP contribution in [-0.4, -0.2) is 54.7 Å². The molecule has 1 aromatic rings. The molecule has 1 rings (SSSR count). The van der Waals surface area contributed by atoms with E-state index in [2.05, 4.69) is 24.5 Å². The largest absolute Gasteiger partial charge is 0.396 e. The molecule has 0 fully saturated rings. The topological polar surface area (TPSA) is 77.0 Å². The van der Waals surface area contributed by atoms with Gasteiger partial charge in [0.25, 0.3) is 5.91 Å². The standard InChI is InChI=1S/C23H40N4O2/c1-6-23(7-2,15-16-28)18-26-22(24-8-3)25-17-19-11-13-20(14-12-19)21(29)27(9-4)10-5/h11-14,28H,6-10,15-18H2,1-5H3,(H2,24,25,26). The van der Waals surface area contributed by atoms with Gasteiger partial charge in [-0.1, -0.05) is 26.0 Å². The van der Waals surface area contributed by atoms with Crippen molar-refractivity contribution in [2.24, 2.45) is 10.4 Å². The highest BCUT2D eigenvalue weighted by atomic mass is 16.3. The fourth-order valence-corrected chi connectivity index (χ4v) is 3.41. The van der Waals surface area contributed by atoms with Crippen LogP contribution in [0.1, 0.15) is 69.8 Å². The number of aliphatic imine (C=N–C) groups is 1. The van der Waals surface area contributed by atoms with Crippen LogP contribution in [0.5, 0.6) is 0 Å². The van der Waals surface area contributed by atoms with Crippen LogP contribution < -0.4 is 10.6 Å². The number of nitrogens with one attached hydrogen (secondary N) is 2. The number of hydrogen-bond acceptors (Lipinski definition) is 3. The molecule has 0 atom stereocenters. The van der Waals surface area contributed by atoms with E-state index in [9.17, 15) is 9.90 Å². The van der Waals surface area contributed by atoms with Gasteiger partial charge in [0.15, 0.2) is 5.96 Å². The summed E-state index contributed by atoms with van der Waals surface area (Å²) in [4.78, 5) is 18.9. The van der Waals surface area contributed by atoms with E-state index in [-0.39, 0.29) is 17.9 Å². The van der Waals surface area contributed by atoms with Crippen molar-refractivity contribution in [2.45, 2.75) is 60.4 Å². The summed E-state index contributed by atoms with van der Waals surface area (Å²) < 4.78 is 0. The van der Waals surface area contributed by atoms with Crippen molar-refractivity contribution in [3.8, 4) is 0 Å². The van der Waals surface area contributed by atoms with Gasteiger partial charge in [-0.05, 0) is 63.1 Å². The van der Waals surface area contributed by atoms with Gasteiger partial charge in [-0.2, -0.15) is 0 Å². The summed E-state index contributed by atoms with van der Waals surface area (Å²) in [6.45, 7) is 14.1. The predicted octanol–water partition coefficient (Wildman–Crippen LogP) is 3.41. The van der Waals surface area contributed by atoms with Gasteiger partial charge >= 0.3 is 0 Å². The fourth-order valence-electron chi connectivity index (χ4n) is 3.41. The van der Waals surface area contributed by atoms with Crippen molar-refractivity contribution in [2.75, 3.05) is 32.8 Å². The zero-order chi connectivity index (χ0) is 21.7. The number of guanidine groups is 1. The first-order valence-corrected chi connectivity index (χ1v) is 11.0. The van der Waals surface area contributed by atoms with E-state index in [1.807, 2.05) is 49.9 Å². The maximum atomic E-state index is 12.4. The van der Waals surface area contributed by atoms with E-state index in [0.717, 1.165) is 43.9 Å². The Morgan fingerprint density at radius 2 is 1.66 bits per heavy atom. The number of aliphatic hydroxyl groups is 1. The highest BCUT2D eigenvalue weighted by Crippen LogP contribution is 2.29. The molecule has 164 valence electrons.